The Kier molecular flexibility index (Phi) is 2.56. The van der Waals surface area contributed by atoms with Gasteiger partial charge in [-0.1, -0.05) is 17.7 Å². The highest BCUT2D eigenvalue weighted by Crippen LogP contribution is 2.20. The second kappa shape index (κ2) is 3.87. The second-order valence-electron chi connectivity index (χ2n) is 3.10. The van der Waals surface area contributed by atoms with Crippen LogP contribution < -0.4 is 5.32 Å². The zero-order chi connectivity index (χ0) is 10.8. The Morgan fingerprint density at radius 3 is 2.93 bits per heavy atom. The SMILES string of the molecule is CNC(=O)c1ccnc2cc(Cl)ccc12. The Labute approximate surface area is 92.1 Å². The van der Waals surface area contributed by atoms with Gasteiger partial charge in [0.25, 0.3) is 5.91 Å². The van der Waals surface area contributed by atoms with Gasteiger partial charge in [0.2, 0.25) is 0 Å². The summed E-state index contributed by atoms with van der Waals surface area (Å²) >= 11 is 5.84. The summed E-state index contributed by atoms with van der Waals surface area (Å²) in [6.07, 6.45) is 1.60. The van der Waals surface area contributed by atoms with Gasteiger partial charge in [0.1, 0.15) is 0 Å². The van der Waals surface area contributed by atoms with Crippen LogP contribution in [0.25, 0.3) is 10.9 Å². The lowest BCUT2D eigenvalue weighted by Crippen LogP contribution is -2.18. The minimum atomic E-state index is -0.121. The number of carbonyl (C=O) groups is 1. The van der Waals surface area contributed by atoms with E-state index in [1.54, 1.807) is 37.5 Å². The summed E-state index contributed by atoms with van der Waals surface area (Å²) in [4.78, 5) is 15.7. The molecule has 1 aromatic heterocycles. The summed E-state index contributed by atoms with van der Waals surface area (Å²) in [7, 11) is 1.60. The number of nitrogens with one attached hydrogen (secondary N) is 1. The number of hydrogen-bond acceptors (Lipinski definition) is 2. The first-order valence-electron chi connectivity index (χ1n) is 4.48. The number of pyridine rings is 1. The van der Waals surface area contributed by atoms with Crippen LogP contribution in [-0.2, 0) is 0 Å². The first-order chi connectivity index (χ1) is 7.22. The zero-order valence-electron chi connectivity index (χ0n) is 8.12. The molecule has 2 aromatic rings. The lowest BCUT2D eigenvalue weighted by Gasteiger charge is -2.04. The maximum atomic E-state index is 11.5. The van der Waals surface area contributed by atoms with Crippen LogP contribution in [0.4, 0.5) is 0 Å². The number of carbonyl (C=O) groups excluding carboxylic acids is 1. The van der Waals surface area contributed by atoms with Crippen molar-refractivity contribution in [3.05, 3.63) is 41.0 Å². The monoisotopic (exact) mass is 220 g/mol. The van der Waals surface area contributed by atoms with Crippen molar-refractivity contribution in [2.75, 3.05) is 7.05 Å². The molecule has 1 N–H and O–H groups in total. The molecule has 0 saturated heterocycles. The van der Waals surface area contributed by atoms with Crippen LogP contribution in [0.15, 0.2) is 30.5 Å². The molecular weight excluding hydrogens is 212 g/mol. The molecular formula is C11H9ClN2O. The predicted octanol–water partition coefficient (Wildman–Crippen LogP) is 2.25. The highest BCUT2D eigenvalue weighted by atomic mass is 35.5. The van der Waals surface area contributed by atoms with E-state index in [9.17, 15) is 4.79 Å². The van der Waals surface area contributed by atoms with Gasteiger partial charge in [-0.2, -0.15) is 0 Å². The van der Waals surface area contributed by atoms with Crippen LogP contribution in [-0.4, -0.2) is 17.9 Å². The van der Waals surface area contributed by atoms with Gasteiger partial charge in [-0.3, -0.25) is 9.78 Å². The van der Waals surface area contributed by atoms with E-state index >= 15 is 0 Å². The van der Waals surface area contributed by atoms with Gasteiger partial charge in [0.15, 0.2) is 0 Å². The van der Waals surface area contributed by atoms with E-state index in [1.807, 2.05) is 0 Å². The Balaban J connectivity index is 2.71. The average Bonchev–Trinajstić information content (AvgIpc) is 2.26. The first kappa shape index (κ1) is 9.93. The first-order valence-corrected chi connectivity index (χ1v) is 4.86. The molecule has 1 amide bonds. The van der Waals surface area contributed by atoms with E-state index in [-0.39, 0.29) is 5.91 Å². The van der Waals surface area contributed by atoms with Crippen LogP contribution >= 0.6 is 11.6 Å². The fraction of sp³-hybridized carbons (Fsp3) is 0.0909. The molecule has 0 spiro atoms. The molecule has 0 aliphatic carbocycles. The van der Waals surface area contributed by atoms with Gasteiger partial charge < -0.3 is 5.32 Å². The van der Waals surface area contributed by atoms with E-state index in [2.05, 4.69) is 10.3 Å². The Morgan fingerprint density at radius 1 is 1.40 bits per heavy atom. The molecule has 0 aliphatic heterocycles. The fourth-order valence-corrected chi connectivity index (χ4v) is 1.62. The maximum absolute atomic E-state index is 11.5. The van der Waals surface area contributed by atoms with Crippen molar-refractivity contribution < 1.29 is 4.79 Å². The lowest BCUT2D eigenvalue weighted by atomic mass is 10.1. The summed E-state index contributed by atoms with van der Waals surface area (Å²) in [5.74, 6) is -0.121. The van der Waals surface area contributed by atoms with Gasteiger partial charge >= 0.3 is 0 Å². The van der Waals surface area contributed by atoms with Crippen LogP contribution in [0.1, 0.15) is 10.4 Å². The summed E-state index contributed by atoms with van der Waals surface area (Å²) in [6.45, 7) is 0. The van der Waals surface area contributed by atoms with Crippen molar-refractivity contribution in [1.82, 2.24) is 10.3 Å². The third kappa shape index (κ3) is 1.78. The van der Waals surface area contributed by atoms with Crippen molar-refractivity contribution in [2.24, 2.45) is 0 Å². The topological polar surface area (TPSA) is 42.0 Å². The number of amides is 1. The highest BCUT2D eigenvalue weighted by Gasteiger charge is 2.08. The van der Waals surface area contributed by atoms with Crippen LogP contribution in [0.2, 0.25) is 5.02 Å². The van der Waals surface area contributed by atoms with E-state index in [0.717, 1.165) is 10.9 Å². The van der Waals surface area contributed by atoms with Crippen molar-refractivity contribution >= 4 is 28.4 Å². The summed E-state index contributed by atoms with van der Waals surface area (Å²) in [5, 5.41) is 4.01. The lowest BCUT2D eigenvalue weighted by molar-refractivity contribution is 0.0964. The smallest absolute Gasteiger partial charge is 0.251 e. The molecule has 0 radical (unpaired) electrons. The molecule has 3 nitrogen and oxygen atoms in total. The molecule has 0 fully saturated rings. The van der Waals surface area contributed by atoms with Crippen LogP contribution in [0.3, 0.4) is 0 Å². The third-order valence-corrected chi connectivity index (χ3v) is 2.41. The van der Waals surface area contributed by atoms with Gasteiger partial charge in [0.05, 0.1) is 11.1 Å². The largest absolute Gasteiger partial charge is 0.355 e. The molecule has 2 rings (SSSR count). The summed E-state index contributed by atoms with van der Waals surface area (Å²) in [5.41, 5.74) is 1.34. The van der Waals surface area contributed by atoms with Gasteiger partial charge in [0, 0.05) is 23.7 Å². The van der Waals surface area contributed by atoms with E-state index in [4.69, 9.17) is 11.6 Å². The standard InChI is InChI=1S/C11H9ClN2O/c1-13-11(15)9-4-5-14-10-6-7(12)2-3-8(9)10/h2-6H,1H3,(H,13,15). The maximum Gasteiger partial charge on any atom is 0.251 e. The Morgan fingerprint density at radius 2 is 2.20 bits per heavy atom. The van der Waals surface area contributed by atoms with E-state index in [0.29, 0.717) is 10.6 Å². The Hall–Kier alpha value is -1.61. The van der Waals surface area contributed by atoms with Gasteiger partial charge in [-0.15, -0.1) is 0 Å². The highest BCUT2D eigenvalue weighted by molar-refractivity contribution is 6.31. The molecule has 4 heteroatoms. The van der Waals surface area contributed by atoms with Crippen molar-refractivity contribution in [2.45, 2.75) is 0 Å². The van der Waals surface area contributed by atoms with Gasteiger partial charge in [-0.05, 0) is 18.2 Å². The summed E-state index contributed by atoms with van der Waals surface area (Å²) < 4.78 is 0. The molecule has 15 heavy (non-hydrogen) atoms. The molecule has 0 unspecified atom stereocenters. The number of halogens is 1. The second-order valence-corrected chi connectivity index (χ2v) is 3.54. The van der Waals surface area contributed by atoms with Crippen molar-refractivity contribution in [3.63, 3.8) is 0 Å². The van der Waals surface area contributed by atoms with Gasteiger partial charge in [-0.25, -0.2) is 0 Å². The number of nitrogens with zero attached hydrogens (tertiary/aromatic N) is 1. The third-order valence-electron chi connectivity index (χ3n) is 2.18. The fourth-order valence-electron chi connectivity index (χ4n) is 1.45. The van der Waals surface area contributed by atoms with Crippen LogP contribution in [0, 0.1) is 0 Å². The zero-order valence-corrected chi connectivity index (χ0v) is 8.88. The minimum Gasteiger partial charge on any atom is -0.355 e. The molecule has 1 heterocycles. The molecule has 0 bridgehead atoms. The quantitative estimate of drug-likeness (QED) is 0.801. The van der Waals surface area contributed by atoms with E-state index < -0.39 is 0 Å². The molecule has 0 aliphatic rings. The predicted molar refractivity (Wildman–Crippen MR) is 60.1 cm³/mol. The number of benzene rings is 1. The number of aromatic nitrogens is 1. The molecule has 1 aromatic carbocycles. The normalized spacial score (nSPS) is 10.3. The van der Waals surface area contributed by atoms with Crippen molar-refractivity contribution in [3.8, 4) is 0 Å². The van der Waals surface area contributed by atoms with E-state index in [1.165, 1.54) is 0 Å². The molecule has 0 atom stereocenters. The van der Waals surface area contributed by atoms with Crippen molar-refractivity contribution in [1.29, 1.82) is 0 Å². The number of hydrogen-bond donors (Lipinski definition) is 1. The molecule has 0 saturated carbocycles. The number of rotatable bonds is 1. The minimum absolute atomic E-state index is 0.121. The molecule has 76 valence electrons. The summed E-state index contributed by atoms with van der Waals surface area (Å²) in [6, 6.07) is 6.98. The van der Waals surface area contributed by atoms with Crippen LogP contribution in [0.5, 0.6) is 0 Å². The number of fused-ring (bicyclic) bond motifs is 1. The Bertz CT molecular complexity index is 525. The average molecular weight is 221 g/mol.